The van der Waals surface area contributed by atoms with Crippen molar-refractivity contribution in [3.63, 3.8) is 0 Å². The highest BCUT2D eigenvalue weighted by Gasteiger charge is 2.09. The lowest BCUT2D eigenvalue weighted by atomic mass is 10.1. The molecule has 0 saturated heterocycles. The summed E-state index contributed by atoms with van der Waals surface area (Å²) in [5.41, 5.74) is 2.48. The van der Waals surface area contributed by atoms with Gasteiger partial charge in [0.05, 0.1) is 12.2 Å². The van der Waals surface area contributed by atoms with E-state index in [9.17, 15) is 9.18 Å². The van der Waals surface area contributed by atoms with E-state index in [0.29, 0.717) is 23.5 Å². The van der Waals surface area contributed by atoms with Gasteiger partial charge in [0.25, 0.3) is 0 Å². The van der Waals surface area contributed by atoms with Crippen LogP contribution in [0.5, 0.6) is 0 Å². The highest BCUT2D eigenvalue weighted by atomic mass is 19.1. The van der Waals surface area contributed by atoms with Gasteiger partial charge in [0.2, 0.25) is 0 Å². The van der Waals surface area contributed by atoms with Crippen LogP contribution in [0.25, 0.3) is 11.3 Å². The SMILES string of the molecule is C=CCn1nc(-c2ccc(F)c(C)c2)cc1C=O. The fourth-order valence-electron chi connectivity index (χ4n) is 1.74. The van der Waals surface area contributed by atoms with Crippen molar-refractivity contribution in [3.8, 4) is 11.3 Å². The van der Waals surface area contributed by atoms with Crippen molar-refractivity contribution in [1.29, 1.82) is 0 Å². The van der Waals surface area contributed by atoms with E-state index in [2.05, 4.69) is 11.7 Å². The summed E-state index contributed by atoms with van der Waals surface area (Å²) in [4.78, 5) is 10.9. The minimum absolute atomic E-state index is 0.250. The summed E-state index contributed by atoms with van der Waals surface area (Å²) in [7, 11) is 0. The standard InChI is InChI=1S/C14H13FN2O/c1-3-6-17-12(9-18)8-14(16-17)11-4-5-13(15)10(2)7-11/h3-5,7-9H,1,6H2,2H3. The van der Waals surface area contributed by atoms with Crippen LogP contribution in [0.4, 0.5) is 4.39 Å². The molecule has 1 aromatic heterocycles. The molecular weight excluding hydrogens is 231 g/mol. The molecule has 0 aliphatic rings. The first-order valence-electron chi connectivity index (χ1n) is 5.56. The van der Waals surface area contributed by atoms with Gasteiger partial charge in [-0.3, -0.25) is 9.48 Å². The summed E-state index contributed by atoms with van der Waals surface area (Å²) in [5.74, 6) is -0.250. The van der Waals surface area contributed by atoms with E-state index in [1.807, 2.05) is 0 Å². The zero-order valence-electron chi connectivity index (χ0n) is 10.1. The largest absolute Gasteiger partial charge is 0.296 e. The number of halogens is 1. The molecule has 0 aliphatic heterocycles. The average molecular weight is 244 g/mol. The van der Waals surface area contributed by atoms with Crippen LogP contribution in [0.1, 0.15) is 16.1 Å². The van der Waals surface area contributed by atoms with Crippen molar-refractivity contribution in [2.45, 2.75) is 13.5 Å². The number of nitrogens with zero attached hydrogens (tertiary/aromatic N) is 2. The van der Waals surface area contributed by atoms with Crippen LogP contribution in [0.2, 0.25) is 0 Å². The first-order valence-corrected chi connectivity index (χ1v) is 5.56. The number of hydrogen-bond donors (Lipinski definition) is 0. The van der Waals surface area contributed by atoms with Gasteiger partial charge in [-0.15, -0.1) is 6.58 Å². The first kappa shape index (κ1) is 12.2. The molecule has 0 unspecified atom stereocenters. The zero-order valence-corrected chi connectivity index (χ0v) is 10.1. The topological polar surface area (TPSA) is 34.9 Å². The number of aromatic nitrogens is 2. The normalized spacial score (nSPS) is 10.3. The first-order chi connectivity index (χ1) is 8.65. The second-order valence-corrected chi connectivity index (χ2v) is 4.01. The molecule has 4 heteroatoms. The van der Waals surface area contributed by atoms with Crippen molar-refractivity contribution >= 4 is 6.29 Å². The molecule has 18 heavy (non-hydrogen) atoms. The molecule has 0 radical (unpaired) electrons. The Morgan fingerprint density at radius 3 is 2.83 bits per heavy atom. The van der Waals surface area contributed by atoms with Crippen molar-refractivity contribution in [1.82, 2.24) is 9.78 Å². The zero-order chi connectivity index (χ0) is 13.1. The second-order valence-electron chi connectivity index (χ2n) is 4.01. The molecule has 92 valence electrons. The van der Waals surface area contributed by atoms with Gasteiger partial charge >= 0.3 is 0 Å². The highest BCUT2D eigenvalue weighted by molar-refractivity contribution is 5.76. The molecule has 0 amide bonds. The van der Waals surface area contributed by atoms with Gasteiger partial charge in [0.15, 0.2) is 6.29 Å². The molecule has 3 nitrogen and oxygen atoms in total. The lowest BCUT2D eigenvalue weighted by Gasteiger charge is -2.00. The summed E-state index contributed by atoms with van der Waals surface area (Å²) in [6.45, 7) is 5.77. The van der Waals surface area contributed by atoms with Crippen molar-refractivity contribution < 1.29 is 9.18 Å². The van der Waals surface area contributed by atoms with E-state index in [4.69, 9.17) is 0 Å². The predicted octanol–water partition coefficient (Wildman–Crippen LogP) is 3.00. The lowest BCUT2D eigenvalue weighted by Crippen LogP contribution is -2.01. The number of aldehydes is 1. The summed E-state index contributed by atoms with van der Waals surface area (Å²) in [6, 6.07) is 6.45. The Labute approximate surface area is 105 Å². The molecule has 0 aliphatic carbocycles. The molecular formula is C14H13FN2O. The quantitative estimate of drug-likeness (QED) is 0.612. The summed E-state index contributed by atoms with van der Waals surface area (Å²) in [5, 5.41) is 4.30. The van der Waals surface area contributed by atoms with E-state index in [1.54, 1.807) is 35.9 Å². The number of benzene rings is 1. The molecule has 0 saturated carbocycles. The molecule has 2 rings (SSSR count). The molecule has 0 bridgehead atoms. The molecule has 2 aromatic rings. The summed E-state index contributed by atoms with van der Waals surface area (Å²) >= 11 is 0. The molecule has 0 N–H and O–H groups in total. The van der Waals surface area contributed by atoms with Gasteiger partial charge in [0, 0.05) is 5.56 Å². The minimum Gasteiger partial charge on any atom is -0.296 e. The van der Waals surface area contributed by atoms with Crippen LogP contribution in [0.15, 0.2) is 36.9 Å². The van der Waals surface area contributed by atoms with Crippen molar-refractivity contribution in [2.75, 3.05) is 0 Å². The van der Waals surface area contributed by atoms with Gasteiger partial charge in [-0.25, -0.2) is 4.39 Å². The van der Waals surface area contributed by atoms with Crippen molar-refractivity contribution in [3.05, 3.63) is 54.0 Å². The number of carbonyl (C=O) groups excluding carboxylic acids is 1. The third-order valence-corrected chi connectivity index (χ3v) is 2.69. The van der Waals surface area contributed by atoms with Gasteiger partial charge < -0.3 is 0 Å². The van der Waals surface area contributed by atoms with Crippen molar-refractivity contribution in [2.24, 2.45) is 0 Å². The van der Waals surface area contributed by atoms with Crippen LogP contribution >= 0.6 is 0 Å². The Hall–Kier alpha value is -2.23. The van der Waals surface area contributed by atoms with Crippen LogP contribution in [-0.4, -0.2) is 16.1 Å². The number of carbonyl (C=O) groups is 1. The van der Waals surface area contributed by atoms with E-state index < -0.39 is 0 Å². The lowest BCUT2D eigenvalue weighted by molar-refractivity contribution is 0.111. The van der Waals surface area contributed by atoms with Gasteiger partial charge in [-0.2, -0.15) is 5.10 Å². The third kappa shape index (κ3) is 2.22. The van der Waals surface area contributed by atoms with E-state index >= 15 is 0 Å². The summed E-state index contributed by atoms with van der Waals surface area (Å²) < 4.78 is 14.8. The Balaban J connectivity index is 2.46. The van der Waals surface area contributed by atoms with Crippen LogP contribution in [0, 0.1) is 12.7 Å². The van der Waals surface area contributed by atoms with Crippen LogP contribution in [-0.2, 0) is 6.54 Å². The maximum absolute atomic E-state index is 13.2. The fourth-order valence-corrected chi connectivity index (χ4v) is 1.74. The van der Waals surface area contributed by atoms with Gasteiger partial charge in [-0.05, 0) is 36.8 Å². The molecule has 0 spiro atoms. The van der Waals surface area contributed by atoms with Crippen LogP contribution < -0.4 is 0 Å². The fraction of sp³-hybridized carbons (Fsp3) is 0.143. The van der Waals surface area contributed by atoms with Gasteiger partial charge in [0.1, 0.15) is 11.5 Å². The Morgan fingerprint density at radius 2 is 2.22 bits per heavy atom. The highest BCUT2D eigenvalue weighted by Crippen LogP contribution is 2.21. The maximum Gasteiger partial charge on any atom is 0.168 e. The second kappa shape index (κ2) is 4.96. The van der Waals surface area contributed by atoms with E-state index in [0.717, 1.165) is 11.8 Å². The predicted molar refractivity (Wildman–Crippen MR) is 67.9 cm³/mol. The molecule has 1 heterocycles. The number of allylic oxidation sites excluding steroid dienone is 1. The molecule has 0 atom stereocenters. The number of hydrogen-bond acceptors (Lipinski definition) is 2. The monoisotopic (exact) mass is 244 g/mol. The molecule has 0 fully saturated rings. The third-order valence-electron chi connectivity index (χ3n) is 2.69. The average Bonchev–Trinajstić information content (AvgIpc) is 2.76. The Bertz CT molecular complexity index is 602. The summed E-state index contributed by atoms with van der Waals surface area (Å²) in [6.07, 6.45) is 2.41. The molecule has 1 aromatic carbocycles. The maximum atomic E-state index is 13.2. The number of rotatable bonds is 4. The number of aryl methyl sites for hydroxylation is 1. The van der Waals surface area contributed by atoms with Gasteiger partial charge in [-0.1, -0.05) is 6.08 Å². The Morgan fingerprint density at radius 1 is 1.44 bits per heavy atom. The van der Waals surface area contributed by atoms with E-state index in [1.165, 1.54) is 6.07 Å². The van der Waals surface area contributed by atoms with Crippen LogP contribution in [0.3, 0.4) is 0 Å². The Kier molecular flexibility index (Phi) is 3.37. The minimum atomic E-state index is -0.250. The van der Waals surface area contributed by atoms with E-state index in [-0.39, 0.29) is 5.82 Å². The smallest absolute Gasteiger partial charge is 0.168 e.